The third kappa shape index (κ3) is 3.08. The summed E-state index contributed by atoms with van der Waals surface area (Å²) in [5.41, 5.74) is -0.252. The van der Waals surface area contributed by atoms with E-state index in [1.807, 2.05) is 0 Å². The Labute approximate surface area is 110 Å². The maximum absolute atomic E-state index is 12.0. The number of aliphatic hydroxyl groups excluding tert-OH is 1. The Kier molecular flexibility index (Phi) is 4.11. The molecule has 19 heavy (non-hydrogen) atoms. The number of carboxylic acids is 1. The fraction of sp³-hybridized carbons (Fsp3) is 0.462. The van der Waals surface area contributed by atoms with Gasteiger partial charge in [0.05, 0.1) is 17.7 Å². The van der Waals surface area contributed by atoms with Crippen LogP contribution in [0.15, 0.2) is 18.3 Å². The van der Waals surface area contributed by atoms with Gasteiger partial charge in [-0.05, 0) is 25.0 Å². The summed E-state index contributed by atoms with van der Waals surface area (Å²) in [5.74, 6) is -1.74. The molecule has 1 fully saturated rings. The molecule has 2 rings (SSSR count). The SMILES string of the molecule is O=C(O)c1cccnc1C(=O)NC1CCCCC1O. The van der Waals surface area contributed by atoms with Crippen molar-refractivity contribution in [2.75, 3.05) is 0 Å². The summed E-state index contributed by atoms with van der Waals surface area (Å²) in [7, 11) is 0. The Morgan fingerprint density at radius 1 is 1.32 bits per heavy atom. The number of aromatic carboxylic acids is 1. The number of carboxylic acid groups (broad SMARTS) is 1. The first kappa shape index (κ1) is 13.5. The average molecular weight is 264 g/mol. The first-order valence-corrected chi connectivity index (χ1v) is 6.27. The molecule has 3 N–H and O–H groups in total. The summed E-state index contributed by atoms with van der Waals surface area (Å²) in [6.07, 6.45) is 4.03. The number of rotatable bonds is 3. The Hall–Kier alpha value is -1.95. The van der Waals surface area contributed by atoms with Crippen molar-refractivity contribution >= 4 is 11.9 Å². The zero-order valence-electron chi connectivity index (χ0n) is 10.4. The van der Waals surface area contributed by atoms with Gasteiger partial charge in [0.15, 0.2) is 0 Å². The number of nitrogens with zero attached hydrogens (tertiary/aromatic N) is 1. The van der Waals surface area contributed by atoms with Gasteiger partial charge in [0, 0.05) is 6.20 Å². The van der Waals surface area contributed by atoms with E-state index in [1.165, 1.54) is 18.3 Å². The number of carbonyl (C=O) groups excluding carboxylic acids is 1. The quantitative estimate of drug-likeness (QED) is 0.750. The van der Waals surface area contributed by atoms with E-state index in [4.69, 9.17) is 5.11 Å². The molecule has 6 nitrogen and oxygen atoms in total. The van der Waals surface area contributed by atoms with Gasteiger partial charge in [-0.15, -0.1) is 0 Å². The molecule has 0 saturated heterocycles. The lowest BCUT2D eigenvalue weighted by molar-refractivity contribution is 0.0672. The van der Waals surface area contributed by atoms with E-state index in [1.54, 1.807) is 0 Å². The van der Waals surface area contributed by atoms with Crippen LogP contribution in [0.1, 0.15) is 46.5 Å². The highest BCUT2D eigenvalue weighted by Crippen LogP contribution is 2.19. The Morgan fingerprint density at radius 3 is 2.74 bits per heavy atom. The van der Waals surface area contributed by atoms with Crippen molar-refractivity contribution < 1.29 is 19.8 Å². The number of aliphatic hydroxyl groups is 1. The summed E-state index contributed by atoms with van der Waals surface area (Å²) < 4.78 is 0. The third-order valence-corrected chi connectivity index (χ3v) is 3.30. The van der Waals surface area contributed by atoms with Crippen LogP contribution in [0.5, 0.6) is 0 Å². The molecule has 0 bridgehead atoms. The molecule has 1 saturated carbocycles. The van der Waals surface area contributed by atoms with Gasteiger partial charge in [-0.25, -0.2) is 4.79 Å². The summed E-state index contributed by atoms with van der Waals surface area (Å²) in [5, 5.41) is 21.5. The van der Waals surface area contributed by atoms with Crippen molar-refractivity contribution in [2.24, 2.45) is 0 Å². The lowest BCUT2D eigenvalue weighted by Gasteiger charge is -2.28. The second-order valence-electron chi connectivity index (χ2n) is 4.64. The lowest BCUT2D eigenvalue weighted by Crippen LogP contribution is -2.45. The maximum atomic E-state index is 12.0. The summed E-state index contributed by atoms with van der Waals surface area (Å²) in [4.78, 5) is 26.9. The van der Waals surface area contributed by atoms with E-state index in [0.29, 0.717) is 12.8 Å². The molecule has 102 valence electrons. The number of carbonyl (C=O) groups is 2. The normalized spacial score (nSPS) is 22.8. The van der Waals surface area contributed by atoms with Crippen molar-refractivity contribution in [3.05, 3.63) is 29.6 Å². The predicted molar refractivity (Wildman–Crippen MR) is 66.9 cm³/mol. The number of hydrogen-bond donors (Lipinski definition) is 3. The van der Waals surface area contributed by atoms with Crippen molar-refractivity contribution in [2.45, 2.75) is 37.8 Å². The van der Waals surface area contributed by atoms with Gasteiger partial charge in [0.2, 0.25) is 0 Å². The third-order valence-electron chi connectivity index (χ3n) is 3.30. The number of aromatic nitrogens is 1. The molecule has 2 unspecified atom stereocenters. The summed E-state index contributed by atoms with van der Waals surface area (Å²) in [6.45, 7) is 0. The largest absolute Gasteiger partial charge is 0.478 e. The number of amides is 1. The summed E-state index contributed by atoms with van der Waals surface area (Å²) in [6, 6.07) is 2.47. The van der Waals surface area contributed by atoms with Crippen LogP contribution in [0.2, 0.25) is 0 Å². The number of nitrogens with one attached hydrogen (secondary N) is 1. The minimum Gasteiger partial charge on any atom is -0.478 e. The van der Waals surface area contributed by atoms with Crippen LogP contribution in [-0.2, 0) is 0 Å². The van der Waals surface area contributed by atoms with Gasteiger partial charge in [0.1, 0.15) is 5.69 Å². The van der Waals surface area contributed by atoms with Crippen LogP contribution in [0.3, 0.4) is 0 Å². The predicted octanol–water partition coefficient (Wildman–Crippen LogP) is 0.813. The fourth-order valence-corrected chi connectivity index (χ4v) is 2.28. The van der Waals surface area contributed by atoms with Crippen LogP contribution in [0.4, 0.5) is 0 Å². The molecule has 1 aliphatic carbocycles. The zero-order chi connectivity index (χ0) is 13.8. The topological polar surface area (TPSA) is 99.5 Å². The molecule has 0 spiro atoms. The highest BCUT2D eigenvalue weighted by molar-refractivity contribution is 6.03. The molecule has 0 aliphatic heterocycles. The maximum Gasteiger partial charge on any atom is 0.338 e. The van der Waals surface area contributed by atoms with Crippen LogP contribution in [0, 0.1) is 0 Å². The number of hydrogen-bond acceptors (Lipinski definition) is 4. The van der Waals surface area contributed by atoms with Crippen LogP contribution in [-0.4, -0.2) is 39.2 Å². The van der Waals surface area contributed by atoms with Crippen molar-refractivity contribution in [3.8, 4) is 0 Å². The smallest absolute Gasteiger partial charge is 0.338 e. The molecule has 0 aromatic carbocycles. The molecule has 0 radical (unpaired) electrons. The van der Waals surface area contributed by atoms with Gasteiger partial charge in [-0.3, -0.25) is 9.78 Å². The molecule has 6 heteroatoms. The van der Waals surface area contributed by atoms with E-state index < -0.39 is 18.0 Å². The Bertz CT molecular complexity index is 489. The molecular weight excluding hydrogens is 248 g/mol. The molecule has 1 aliphatic rings. The highest BCUT2D eigenvalue weighted by atomic mass is 16.4. The van der Waals surface area contributed by atoms with E-state index in [9.17, 15) is 14.7 Å². The zero-order valence-corrected chi connectivity index (χ0v) is 10.4. The molecule has 1 heterocycles. The molecular formula is C13H16N2O4. The van der Waals surface area contributed by atoms with Gasteiger partial charge in [-0.1, -0.05) is 12.8 Å². The van der Waals surface area contributed by atoms with Crippen LogP contribution >= 0.6 is 0 Å². The lowest BCUT2D eigenvalue weighted by atomic mass is 9.92. The Balaban J connectivity index is 2.13. The van der Waals surface area contributed by atoms with Crippen LogP contribution < -0.4 is 5.32 Å². The van der Waals surface area contributed by atoms with Gasteiger partial charge < -0.3 is 15.5 Å². The summed E-state index contributed by atoms with van der Waals surface area (Å²) >= 11 is 0. The molecule has 1 amide bonds. The number of pyridine rings is 1. The first-order valence-electron chi connectivity index (χ1n) is 6.27. The van der Waals surface area contributed by atoms with Gasteiger partial charge in [-0.2, -0.15) is 0 Å². The Morgan fingerprint density at radius 2 is 2.05 bits per heavy atom. The highest BCUT2D eigenvalue weighted by Gasteiger charge is 2.26. The average Bonchev–Trinajstić information content (AvgIpc) is 2.41. The monoisotopic (exact) mass is 264 g/mol. The van der Waals surface area contributed by atoms with E-state index in [0.717, 1.165) is 12.8 Å². The molecule has 1 aromatic heterocycles. The van der Waals surface area contributed by atoms with Gasteiger partial charge in [0.25, 0.3) is 5.91 Å². The van der Waals surface area contributed by atoms with Crippen molar-refractivity contribution in [3.63, 3.8) is 0 Å². The van der Waals surface area contributed by atoms with Gasteiger partial charge >= 0.3 is 5.97 Å². The first-order chi connectivity index (χ1) is 9.09. The molecule has 2 atom stereocenters. The minimum absolute atomic E-state index is 0.118. The van der Waals surface area contributed by atoms with Crippen LogP contribution in [0.25, 0.3) is 0 Å². The van der Waals surface area contributed by atoms with E-state index in [-0.39, 0.29) is 17.3 Å². The fourth-order valence-electron chi connectivity index (χ4n) is 2.28. The second kappa shape index (κ2) is 5.79. The van der Waals surface area contributed by atoms with Crippen molar-refractivity contribution in [1.29, 1.82) is 0 Å². The second-order valence-corrected chi connectivity index (χ2v) is 4.64. The van der Waals surface area contributed by atoms with Crippen molar-refractivity contribution in [1.82, 2.24) is 10.3 Å². The minimum atomic E-state index is -1.19. The standard InChI is InChI=1S/C13H16N2O4/c16-10-6-2-1-5-9(10)15-12(17)11-8(13(18)19)4-3-7-14-11/h3-4,7,9-10,16H,1-2,5-6H2,(H,15,17)(H,18,19). The van der Waals surface area contributed by atoms with E-state index in [2.05, 4.69) is 10.3 Å². The van der Waals surface area contributed by atoms with E-state index >= 15 is 0 Å². The molecule has 1 aromatic rings.